The lowest BCUT2D eigenvalue weighted by molar-refractivity contribution is -0.120. The van der Waals surface area contributed by atoms with E-state index in [1.165, 1.54) is 31.0 Å². The summed E-state index contributed by atoms with van der Waals surface area (Å²) in [5.74, 6) is 1.24. The van der Waals surface area contributed by atoms with Gasteiger partial charge in [-0.3, -0.25) is 9.59 Å². The second-order valence-electron chi connectivity index (χ2n) is 7.84. The topological polar surface area (TPSA) is 112 Å². The predicted molar refractivity (Wildman–Crippen MR) is 107 cm³/mol. The minimum atomic E-state index is -0.359. The number of carbonyl (C=O) groups excluding carboxylic acids is 2. The van der Waals surface area contributed by atoms with Crippen molar-refractivity contribution >= 4 is 23.6 Å². The highest BCUT2D eigenvalue weighted by atomic mass is 32.2. The van der Waals surface area contributed by atoms with E-state index < -0.39 is 0 Å². The molecule has 1 aliphatic carbocycles. The fourth-order valence-electron chi connectivity index (χ4n) is 3.93. The molecule has 3 unspecified atom stereocenters. The number of thioether (sulfide) groups is 1. The van der Waals surface area contributed by atoms with Crippen LogP contribution in [0.2, 0.25) is 0 Å². The van der Waals surface area contributed by atoms with E-state index in [9.17, 15) is 9.59 Å². The van der Waals surface area contributed by atoms with Crippen molar-refractivity contribution in [2.24, 2.45) is 11.7 Å². The van der Waals surface area contributed by atoms with Gasteiger partial charge in [-0.2, -0.15) is 0 Å². The Balaban J connectivity index is 1.59. The molecule has 1 aliphatic heterocycles. The third-order valence-electron chi connectivity index (χ3n) is 5.59. The average Bonchev–Trinajstić information content (AvgIpc) is 3.31. The van der Waals surface area contributed by atoms with Crippen LogP contribution in [0.15, 0.2) is 5.16 Å². The van der Waals surface area contributed by atoms with Crippen LogP contribution in [0.3, 0.4) is 0 Å². The molecule has 1 aromatic heterocycles. The molecule has 1 saturated carbocycles. The lowest BCUT2D eigenvalue weighted by Gasteiger charge is -2.29. The molecule has 2 amide bonds. The zero-order chi connectivity index (χ0) is 19.9. The summed E-state index contributed by atoms with van der Waals surface area (Å²) in [5.41, 5.74) is 5.28. The minimum Gasteiger partial charge on any atom is -0.376 e. The van der Waals surface area contributed by atoms with Crippen LogP contribution in [0.25, 0.3) is 0 Å². The van der Waals surface area contributed by atoms with Crippen LogP contribution in [-0.2, 0) is 27.3 Å². The van der Waals surface area contributed by atoms with Gasteiger partial charge in [0.2, 0.25) is 11.8 Å². The van der Waals surface area contributed by atoms with E-state index in [0.29, 0.717) is 29.8 Å². The number of rotatable bonds is 9. The highest BCUT2D eigenvalue weighted by Crippen LogP contribution is 2.25. The third kappa shape index (κ3) is 5.94. The van der Waals surface area contributed by atoms with Crippen molar-refractivity contribution in [1.29, 1.82) is 0 Å². The van der Waals surface area contributed by atoms with E-state index in [-0.39, 0.29) is 30.4 Å². The van der Waals surface area contributed by atoms with Crippen molar-refractivity contribution in [1.82, 2.24) is 20.1 Å². The predicted octanol–water partition coefficient (Wildman–Crippen LogP) is 1.66. The molecule has 1 aromatic rings. The normalized spacial score (nSPS) is 25.0. The lowest BCUT2D eigenvalue weighted by Crippen LogP contribution is -2.41. The second kappa shape index (κ2) is 10.2. The van der Waals surface area contributed by atoms with Gasteiger partial charge in [0.05, 0.1) is 18.4 Å². The van der Waals surface area contributed by atoms with E-state index in [1.807, 2.05) is 4.57 Å². The summed E-state index contributed by atoms with van der Waals surface area (Å²) in [5, 5.41) is 12.4. The van der Waals surface area contributed by atoms with Crippen LogP contribution < -0.4 is 11.1 Å². The molecule has 3 atom stereocenters. The van der Waals surface area contributed by atoms with E-state index in [0.717, 1.165) is 31.7 Å². The standard InChI is InChI=1S/C19H31N5O3S/c1-13-5-2-3-7-15(13)21-18(26)12-28-19-23-22-17(9-8-16(20)25)24(19)11-14-6-4-10-27-14/h13-15H,2-12H2,1H3,(H2,20,25)(H,21,26). The lowest BCUT2D eigenvalue weighted by atomic mass is 9.86. The summed E-state index contributed by atoms with van der Waals surface area (Å²) in [6.45, 7) is 3.62. The maximum atomic E-state index is 12.4. The number of aryl methyl sites for hydroxylation is 1. The highest BCUT2D eigenvalue weighted by Gasteiger charge is 2.24. The van der Waals surface area contributed by atoms with Gasteiger partial charge in [0.15, 0.2) is 5.16 Å². The van der Waals surface area contributed by atoms with Gasteiger partial charge in [-0.05, 0) is 31.6 Å². The smallest absolute Gasteiger partial charge is 0.230 e. The number of aromatic nitrogens is 3. The maximum absolute atomic E-state index is 12.4. The Morgan fingerprint density at radius 1 is 1.25 bits per heavy atom. The number of primary amides is 1. The zero-order valence-electron chi connectivity index (χ0n) is 16.6. The van der Waals surface area contributed by atoms with Gasteiger partial charge >= 0.3 is 0 Å². The zero-order valence-corrected chi connectivity index (χ0v) is 17.4. The number of amides is 2. The largest absolute Gasteiger partial charge is 0.376 e. The molecule has 0 spiro atoms. The summed E-state index contributed by atoms with van der Waals surface area (Å²) >= 11 is 1.39. The van der Waals surface area contributed by atoms with Crippen LogP contribution in [0.4, 0.5) is 0 Å². The van der Waals surface area contributed by atoms with Crippen molar-refractivity contribution in [3.8, 4) is 0 Å². The fraction of sp³-hybridized carbons (Fsp3) is 0.789. The van der Waals surface area contributed by atoms with Gasteiger partial charge in [0.25, 0.3) is 0 Å². The molecule has 0 radical (unpaired) electrons. The molecule has 2 heterocycles. The molecule has 2 aliphatic rings. The molecule has 9 heteroatoms. The second-order valence-corrected chi connectivity index (χ2v) is 8.78. The Bertz CT molecular complexity index is 675. The summed E-state index contributed by atoms with van der Waals surface area (Å²) < 4.78 is 7.73. The third-order valence-corrected chi connectivity index (χ3v) is 6.56. The molecule has 2 fully saturated rings. The van der Waals surface area contributed by atoms with Crippen LogP contribution >= 0.6 is 11.8 Å². The fourth-order valence-corrected chi connectivity index (χ4v) is 4.71. The van der Waals surface area contributed by atoms with Crippen molar-refractivity contribution in [2.75, 3.05) is 12.4 Å². The van der Waals surface area contributed by atoms with E-state index >= 15 is 0 Å². The summed E-state index contributed by atoms with van der Waals surface area (Å²) in [7, 11) is 0. The van der Waals surface area contributed by atoms with Gasteiger partial charge in [-0.15, -0.1) is 10.2 Å². The first-order valence-corrected chi connectivity index (χ1v) is 11.3. The van der Waals surface area contributed by atoms with Crippen LogP contribution in [-0.4, -0.2) is 51.1 Å². The first-order chi connectivity index (χ1) is 13.5. The number of nitrogens with zero attached hydrogens (tertiary/aromatic N) is 3. The Labute approximate surface area is 170 Å². The van der Waals surface area contributed by atoms with Gasteiger partial charge in [0, 0.05) is 25.5 Å². The molecule has 156 valence electrons. The summed E-state index contributed by atoms with van der Waals surface area (Å²) in [6.07, 6.45) is 7.52. The van der Waals surface area contributed by atoms with Gasteiger partial charge in [-0.25, -0.2) is 0 Å². The molecule has 0 bridgehead atoms. The number of carbonyl (C=O) groups is 2. The van der Waals surface area contributed by atoms with Gasteiger partial charge in [-0.1, -0.05) is 31.5 Å². The number of nitrogens with two attached hydrogens (primary N) is 1. The molecular formula is C19H31N5O3S. The summed E-state index contributed by atoms with van der Waals surface area (Å²) in [4.78, 5) is 23.6. The van der Waals surface area contributed by atoms with Crippen molar-refractivity contribution < 1.29 is 14.3 Å². The van der Waals surface area contributed by atoms with E-state index in [4.69, 9.17) is 10.5 Å². The minimum absolute atomic E-state index is 0.0362. The maximum Gasteiger partial charge on any atom is 0.230 e. The molecule has 3 N–H and O–H groups in total. The number of ether oxygens (including phenoxy) is 1. The Kier molecular flexibility index (Phi) is 7.73. The quantitative estimate of drug-likeness (QED) is 0.600. The molecule has 28 heavy (non-hydrogen) atoms. The van der Waals surface area contributed by atoms with Crippen molar-refractivity contribution in [2.45, 2.75) is 82.1 Å². The van der Waals surface area contributed by atoms with E-state index in [1.54, 1.807) is 0 Å². The summed E-state index contributed by atoms with van der Waals surface area (Å²) in [6, 6.07) is 0.276. The van der Waals surface area contributed by atoms with Crippen molar-refractivity contribution in [3.05, 3.63) is 5.82 Å². The molecule has 3 rings (SSSR count). The van der Waals surface area contributed by atoms with Crippen molar-refractivity contribution in [3.63, 3.8) is 0 Å². The number of hydrogen-bond donors (Lipinski definition) is 2. The van der Waals surface area contributed by atoms with Gasteiger partial charge < -0.3 is 20.4 Å². The highest BCUT2D eigenvalue weighted by molar-refractivity contribution is 7.99. The molecule has 0 aromatic carbocycles. The monoisotopic (exact) mass is 409 g/mol. The first-order valence-electron chi connectivity index (χ1n) is 10.3. The Morgan fingerprint density at radius 3 is 2.79 bits per heavy atom. The first kappa shape index (κ1) is 21.1. The molecule has 1 saturated heterocycles. The number of nitrogens with one attached hydrogen (secondary N) is 1. The molecular weight excluding hydrogens is 378 g/mol. The average molecular weight is 410 g/mol. The van der Waals surface area contributed by atoms with Gasteiger partial charge in [0.1, 0.15) is 5.82 Å². The van der Waals surface area contributed by atoms with Crippen LogP contribution in [0.1, 0.15) is 57.7 Å². The van der Waals surface area contributed by atoms with Crippen LogP contribution in [0.5, 0.6) is 0 Å². The Hall–Kier alpha value is -1.61. The Morgan fingerprint density at radius 2 is 2.07 bits per heavy atom. The van der Waals surface area contributed by atoms with E-state index in [2.05, 4.69) is 22.4 Å². The number of hydrogen-bond acceptors (Lipinski definition) is 6. The molecule has 8 nitrogen and oxygen atoms in total. The SMILES string of the molecule is CC1CCCCC1NC(=O)CSc1nnc(CCC(N)=O)n1CC1CCCO1. The van der Waals surface area contributed by atoms with Crippen LogP contribution in [0, 0.1) is 5.92 Å².